The fourth-order valence-electron chi connectivity index (χ4n) is 2.84. The number of nitriles is 1. The Morgan fingerprint density at radius 1 is 0.963 bits per heavy atom. The van der Waals surface area contributed by atoms with Crippen molar-refractivity contribution >= 4 is 26.6 Å². The van der Waals surface area contributed by atoms with Crippen molar-refractivity contribution in [1.82, 2.24) is 10.2 Å². The summed E-state index contributed by atoms with van der Waals surface area (Å²) in [6.45, 7) is 0. The average Bonchev–Trinajstić information content (AvgIpc) is 3.11. The van der Waals surface area contributed by atoms with Gasteiger partial charge in [0, 0.05) is 16.6 Å². The molecule has 0 atom stereocenters. The van der Waals surface area contributed by atoms with Crippen LogP contribution in [0.15, 0.2) is 77.7 Å². The Kier molecular flexibility index (Phi) is 4.11. The van der Waals surface area contributed by atoms with Crippen molar-refractivity contribution in [2.75, 3.05) is 4.72 Å². The number of aromatic amines is 1. The molecule has 1 heterocycles. The summed E-state index contributed by atoms with van der Waals surface area (Å²) in [6.07, 6.45) is 0. The van der Waals surface area contributed by atoms with Crippen LogP contribution >= 0.6 is 0 Å². The number of H-pyrrole nitrogens is 1. The summed E-state index contributed by atoms with van der Waals surface area (Å²) in [5, 5.41) is 17.1. The first-order valence-electron chi connectivity index (χ1n) is 8.13. The minimum atomic E-state index is -3.81. The number of sulfonamides is 1. The number of nitrogens with zero attached hydrogens (tertiary/aromatic N) is 2. The molecule has 4 aromatic rings. The van der Waals surface area contributed by atoms with Gasteiger partial charge < -0.3 is 0 Å². The van der Waals surface area contributed by atoms with E-state index in [0.29, 0.717) is 5.69 Å². The van der Waals surface area contributed by atoms with Crippen LogP contribution in [0.3, 0.4) is 0 Å². The van der Waals surface area contributed by atoms with Crippen LogP contribution in [-0.4, -0.2) is 18.6 Å². The van der Waals surface area contributed by atoms with Gasteiger partial charge in [0.25, 0.3) is 10.0 Å². The predicted octanol–water partition coefficient (Wildman–Crippen LogP) is 3.90. The normalized spacial score (nSPS) is 11.2. The predicted molar refractivity (Wildman–Crippen MR) is 103 cm³/mol. The molecule has 4 rings (SSSR count). The van der Waals surface area contributed by atoms with Gasteiger partial charge in [-0.1, -0.05) is 36.4 Å². The second-order valence-electron chi connectivity index (χ2n) is 5.94. The highest BCUT2D eigenvalue weighted by Gasteiger charge is 2.16. The average molecular weight is 374 g/mol. The molecule has 0 aliphatic rings. The Labute approximate surface area is 156 Å². The van der Waals surface area contributed by atoms with E-state index in [-0.39, 0.29) is 10.5 Å². The van der Waals surface area contributed by atoms with Gasteiger partial charge in [-0.25, -0.2) is 8.42 Å². The zero-order valence-electron chi connectivity index (χ0n) is 14.0. The van der Waals surface area contributed by atoms with Crippen molar-refractivity contribution in [3.63, 3.8) is 0 Å². The van der Waals surface area contributed by atoms with E-state index in [9.17, 15) is 8.42 Å². The Hall–Kier alpha value is -3.63. The molecule has 0 saturated heterocycles. The van der Waals surface area contributed by atoms with Crippen LogP contribution in [0.2, 0.25) is 0 Å². The lowest BCUT2D eigenvalue weighted by Gasteiger charge is -2.09. The van der Waals surface area contributed by atoms with E-state index >= 15 is 0 Å². The summed E-state index contributed by atoms with van der Waals surface area (Å²) in [4.78, 5) is 0.0390. The monoisotopic (exact) mass is 374 g/mol. The number of aromatic nitrogens is 2. The molecule has 0 aliphatic carbocycles. The van der Waals surface area contributed by atoms with E-state index in [0.717, 1.165) is 22.2 Å². The van der Waals surface area contributed by atoms with Crippen LogP contribution in [0.1, 0.15) is 5.56 Å². The fraction of sp³-hybridized carbons (Fsp3) is 0. The van der Waals surface area contributed by atoms with Gasteiger partial charge >= 0.3 is 0 Å². The highest BCUT2D eigenvalue weighted by Crippen LogP contribution is 2.29. The molecule has 3 aromatic carbocycles. The molecular formula is C20H14N4O2S. The maximum Gasteiger partial charge on any atom is 0.261 e. The molecule has 0 radical (unpaired) electrons. The maximum atomic E-state index is 12.7. The van der Waals surface area contributed by atoms with E-state index in [1.54, 1.807) is 30.3 Å². The zero-order valence-corrected chi connectivity index (χ0v) is 14.9. The molecule has 1 aromatic heterocycles. The quantitative estimate of drug-likeness (QED) is 0.566. The standard InChI is InChI=1S/C20H14N4O2S/c21-13-14-5-4-8-17(11-14)27(25,26)24-16-9-10-19-18(12-16)20(23-22-19)15-6-2-1-3-7-15/h1-12,24H,(H,22,23). The van der Waals surface area contributed by atoms with Gasteiger partial charge in [0.1, 0.15) is 0 Å². The third kappa shape index (κ3) is 3.26. The van der Waals surface area contributed by atoms with Gasteiger partial charge in [-0.05, 0) is 36.4 Å². The van der Waals surface area contributed by atoms with Crippen molar-refractivity contribution in [2.24, 2.45) is 0 Å². The number of rotatable bonds is 4. The number of fused-ring (bicyclic) bond motifs is 1. The maximum absolute atomic E-state index is 12.7. The van der Waals surface area contributed by atoms with Crippen molar-refractivity contribution in [3.8, 4) is 17.3 Å². The topological polar surface area (TPSA) is 98.6 Å². The zero-order chi connectivity index (χ0) is 18.9. The first kappa shape index (κ1) is 16.8. The Morgan fingerprint density at radius 3 is 2.56 bits per heavy atom. The highest BCUT2D eigenvalue weighted by atomic mass is 32.2. The van der Waals surface area contributed by atoms with Crippen molar-refractivity contribution < 1.29 is 8.42 Å². The minimum Gasteiger partial charge on any atom is -0.280 e. The molecule has 2 N–H and O–H groups in total. The van der Waals surface area contributed by atoms with Gasteiger partial charge in [0.2, 0.25) is 0 Å². The van der Waals surface area contributed by atoms with E-state index in [4.69, 9.17) is 5.26 Å². The molecule has 0 amide bonds. The molecule has 0 saturated carbocycles. The highest BCUT2D eigenvalue weighted by molar-refractivity contribution is 7.92. The molecule has 0 unspecified atom stereocenters. The Bertz CT molecular complexity index is 1270. The molecule has 0 bridgehead atoms. The molecule has 0 aliphatic heterocycles. The van der Waals surface area contributed by atoms with Gasteiger partial charge in [-0.2, -0.15) is 10.4 Å². The summed E-state index contributed by atoms with van der Waals surface area (Å²) in [5.74, 6) is 0. The van der Waals surface area contributed by atoms with Crippen LogP contribution in [0.5, 0.6) is 0 Å². The van der Waals surface area contributed by atoms with Gasteiger partial charge in [-0.3, -0.25) is 9.82 Å². The van der Waals surface area contributed by atoms with E-state index in [2.05, 4.69) is 14.9 Å². The molecular weight excluding hydrogens is 360 g/mol. The molecule has 0 spiro atoms. The summed E-state index contributed by atoms with van der Waals surface area (Å²) in [5.41, 5.74) is 3.20. The number of hydrogen-bond donors (Lipinski definition) is 2. The van der Waals surface area contributed by atoms with E-state index in [1.165, 1.54) is 12.1 Å². The van der Waals surface area contributed by atoms with Crippen molar-refractivity contribution in [1.29, 1.82) is 5.26 Å². The third-order valence-corrected chi connectivity index (χ3v) is 5.51. The second-order valence-corrected chi connectivity index (χ2v) is 7.63. The number of benzene rings is 3. The largest absolute Gasteiger partial charge is 0.280 e. The smallest absolute Gasteiger partial charge is 0.261 e. The Morgan fingerprint density at radius 2 is 1.78 bits per heavy atom. The van der Waals surface area contributed by atoms with Crippen LogP contribution in [0, 0.1) is 11.3 Å². The number of anilines is 1. The molecule has 7 heteroatoms. The fourth-order valence-corrected chi connectivity index (χ4v) is 3.94. The SMILES string of the molecule is N#Cc1cccc(S(=O)(=O)Nc2ccc3[nH]nc(-c4ccccc4)c3c2)c1. The van der Waals surface area contributed by atoms with Crippen LogP contribution in [-0.2, 0) is 10.0 Å². The first-order valence-corrected chi connectivity index (χ1v) is 9.62. The second kappa shape index (κ2) is 6.59. The van der Waals surface area contributed by atoms with Crippen LogP contribution in [0.4, 0.5) is 5.69 Å². The molecule has 27 heavy (non-hydrogen) atoms. The molecule has 6 nitrogen and oxygen atoms in total. The lowest BCUT2D eigenvalue weighted by molar-refractivity contribution is 0.601. The lowest BCUT2D eigenvalue weighted by Crippen LogP contribution is -2.13. The summed E-state index contributed by atoms with van der Waals surface area (Å²) in [6, 6.07) is 22.7. The van der Waals surface area contributed by atoms with E-state index in [1.807, 2.05) is 36.4 Å². The van der Waals surface area contributed by atoms with Crippen molar-refractivity contribution in [3.05, 3.63) is 78.4 Å². The number of hydrogen-bond acceptors (Lipinski definition) is 4. The van der Waals surface area contributed by atoms with Gasteiger partial charge in [-0.15, -0.1) is 0 Å². The minimum absolute atomic E-state index is 0.0390. The molecule has 0 fully saturated rings. The summed E-state index contributed by atoms with van der Waals surface area (Å²) in [7, 11) is -3.81. The summed E-state index contributed by atoms with van der Waals surface area (Å²) >= 11 is 0. The summed E-state index contributed by atoms with van der Waals surface area (Å²) < 4.78 is 27.9. The Balaban J connectivity index is 1.73. The van der Waals surface area contributed by atoms with Crippen molar-refractivity contribution in [2.45, 2.75) is 4.90 Å². The van der Waals surface area contributed by atoms with Crippen LogP contribution < -0.4 is 4.72 Å². The molecule has 132 valence electrons. The first-order chi connectivity index (χ1) is 13.1. The van der Waals surface area contributed by atoms with Crippen LogP contribution in [0.25, 0.3) is 22.2 Å². The van der Waals surface area contributed by atoms with Gasteiger partial charge in [0.05, 0.1) is 27.7 Å². The lowest BCUT2D eigenvalue weighted by atomic mass is 10.1. The number of nitrogens with one attached hydrogen (secondary N) is 2. The van der Waals surface area contributed by atoms with Gasteiger partial charge in [0.15, 0.2) is 0 Å². The van der Waals surface area contributed by atoms with E-state index < -0.39 is 10.0 Å². The third-order valence-electron chi connectivity index (χ3n) is 4.14.